The zero-order valence-electron chi connectivity index (χ0n) is 15.0. The maximum atomic E-state index is 13.8. The van der Waals surface area contributed by atoms with E-state index in [-0.39, 0.29) is 22.9 Å². The predicted octanol–water partition coefficient (Wildman–Crippen LogP) is 2.57. The van der Waals surface area contributed by atoms with Gasteiger partial charge in [0.2, 0.25) is 11.6 Å². The van der Waals surface area contributed by atoms with Gasteiger partial charge in [-0.3, -0.25) is 4.79 Å². The molecule has 0 radical (unpaired) electrons. The van der Waals surface area contributed by atoms with E-state index in [9.17, 15) is 9.18 Å². The molecule has 4 aromatic rings. The zero-order chi connectivity index (χ0) is 21.1. The fourth-order valence-electron chi connectivity index (χ4n) is 2.60. The topological polar surface area (TPSA) is 137 Å². The number of nitrogens with zero attached hydrogens (tertiary/aromatic N) is 6. The van der Waals surface area contributed by atoms with E-state index in [1.807, 2.05) is 6.07 Å². The summed E-state index contributed by atoms with van der Waals surface area (Å²) in [5.41, 5.74) is 9.15. The lowest BCUT2D eigenvalue weighted by atomic mass is 10.1. The molecule has 0 spiro atoms. The molecule has 0 atom stereocenters. The quantitative estimate of drug-likeness (QED) is 0.337. The van der Waals surface area contributed by atoms with Crippen molar-refractivity contribution in [1.29, 1.82) is 0 Å². The van der Waals surface area contributed by atoms with Crippen molar-refractivity contribution in [3.8, 4) is 17.1 Å². The second-order valence-electron chi connectivity index (χ2n) is 5.90. The molecule has 0 bridgehead atoms. The number of hydrogen-bond donors (Lipinski definition) is 2. The van der Waals surface area contributed by atoms with Gasteiger partial charge in [-0.25, -0.2) is 14.4 Å². The highest BCUT2D eigenvalue weighted by Crippen LogP contribution is 2.26. The van der Waals surface area contributed by atoms with E-state index < -0.39 is 11.7 Å². The summed E-state index contributed by atoms with van der Waals surface area (Å²) in [6.45, 7) is 0. The average Bonchev–Trinajstić information content (AvgIpc) is 3.37. The SMILES string of the molecule is Nc1nonc1-n1nnc(C(=O)NN=Cc2cc(Br)ccc2F)c1-c1ccccc1. The smallest absolute Gasteiger partial charge is 0.294 e. The second kappa shape index (κ2) is 8.21. The van der Waals surface area contributed by atoms with E-state index in [2.05, 4.69) is 51.7 Å². The summed E-state index contributed by atoms with van der Waals surface area (Å²) in [4.78, 5) is 12.7. The normalized spacial score (nSPS) is 11.1. The molecule has 0 aliphatic carbocycles. The second-order valence-corrected chi connectivity index (χ2v) is 6.82. The monoisotopic (exact) mass is 470 g/mol. The molecular weight excluding hydrogens is 459 g/mol. The van der Waals surface area contributed by atoms with Crippen molar-refractivity contribution < 1.29 is 13.8 Å². The molecule has 4 rings (SSSR count). The number of hydrazone groups is 1. The molecule has 150 valence electrons. The van der Waals surface area contributed by atoms with Crippen LogP contribution in [-0.2, 0) is 0 Å². The Labute approximate surface area is 176 Å². The first-order chi connectivity index (χ1) is 14.5. The van der Waals surface area contributed by atoms with Gasteiger partial charge in [-0.2, -0.15) is 9.78 Å². The maximum Gasteiger partial charge on any atom is 0.294 e. The number of benzene rings is 2. The molecule has 0 unspecified atom stereocenters. The molecule has 3 N–H and O–H groups in total. The summed E-state index contributed by atoms with van der Waals surface area (Å²) in [7, 11) is 0. The standard InChI is InChI=1S/C18H12BrFN8O2/c19-12-6-7-13(20)11(8-12)9-22-24-18(29)14-15(10-4-2-1-3-5-10)28(27-23-14)17-16(21)25-30-26-17/h1-9H,(H2,21,25)(H,24,29). The average molecular weight is 471 g/mol. The number of aromatic nitrogens is 5. The summed E-state index contributed by atoms with van der Waals surface area (Å²) >= 11 is 3.25. The molecule has 1 amide bonds. The van der Waals surface area contributed by atoms with Gasteiger partial charge in [0.15, 0.2) is 5.69 Å². The van der Waals surface area contributed by atoms with Crippen LogP contribution in [0.2, 0.25) is 0 Å². The molecule has 10 nitrogen and oxygen atoms in total. The first-order valence-corrected chi connectivity index (χ1v) is 9.22. The largest absolute Gasteiger partial charge is 0.378 e. The van der Waals surface area contributed by atoms with Crippen LogP contribution >= 0.6 is 15.9 Å². The Kier molecular flexibility index (Phi) is 5.30. The number of nitrogens with two attached hydrogens (primary N) is 1. The molecule has 2 aromatic carbocycles. The summed E-state index contributed by atoms with van der Waals surface area (Å²) in [6, 6.07) is 13.3. The Bertz CT molecular complexity index is 1240. The maximum absolute atomic E-state index is 13.8. The number of rotatable bonds is 5. The number of halogens is 2. The van der Waals surface area contributed by atoms with Crippen LogP contribution in [0.1, 0.15) is 16.1 Å². The third kappa shape index (κ3) is 3.80. The van der Waals surface area contributed by atoms with Crippen molar-refractivity contribution >= 4 is 33.9 Å². The van der Waals surface area contributed by atoms with Gasteiger partial charge < -0.3 is 5.73 Å². The van der Waals surface area contributed by atoms with Crippen molar-refractivity contribution in [3.05, 3.63) is 70.1 Å². The molecule has 30 heavy (non-hydrogen) atoms. The predicted molar refractivity (Wildman–Crippen MR) is 108 cm³/mol. The van der Waals surface area contributed by atoms with Crippen LogP contribution in [0.4, 0.5) is 10.2 Å². The number of carbonyl (C=O) groups excluding carboxylic acids is 1. The Balaban J connectivity index is 1.68. The van der Waals surface area contributed by atoms with Crippen LogP contribution < -0.4 is 11.2 Å². The number of nitrogen functional groups attached to an aromatic ring is 1. The summed E-state index contributed by atoms with van der Waals surface area (Å²) in [5.74, 6) is -1.09. The first-order valence-electron chi connectivity index (χ1n) is 8.42. The van der Waals surface area contributed by atoms with Gasteiger partial charge in [-0.05, 0) is 28.5 Å². The Morgan fingerprint density at radius 2 is 2.03 bits per heavy atom. The van der Waals surface area contributed by atoms with Crippen LogP contribution in [0.3, 0.4) is 0 Å². The molecule has 0 saturated carbocycles. The number of carbonyl (C=O) groups is 1. The van der Waals surface area contributed by atoms with Crippen molar-refractivity contribution in [3.63, 3.8) is 0 Å². The fraction of sp³-hybridized carbons (Fsp3) is 0. The van der Waals surface area contributed by atoms with E-state index in [4.69, 9.17) is 5.73 Å². The van der Waals surface area contributed by atoms with E-state index >= 15 is 0 Å². The molecule has 0 fully saturated rings. The Hall–Kier alpha value is -3.93. The van der Waals surface area contributed by atoms with Gasteiger partial charge in [0, 0.05) is 15.6 Å². The minimum absolute atomic E-state index is 0.0211. The highest BCUT2D eigenvalue weighted by Gasteiger charge is 2.24. The first kappa shape index (κ1) is 19.4. The zero-order valence-corrected chi connectivity index (χ0v) is 16.6. The Morgan fingerprint density at radius 3 is 2.77 bits per heavy atom. The van der Waals surface area contributed by atoms with Crippen molar-refractivity contribution in [2.24, 2.45) is 5.10 Å². The van der Waals surface area contributed by atoms with E-state index in [1.54, 1.807) is 30.3 Å². The van der Waals surface area contributed by atoms with E-state index in [0.29, 0.717) is 15.7 Å². The van der Waals surface area contributed by atoms with Crippen LogP contribution in [0.5, 0.6) is 0 Å². The third-order valence-corrected chi connectivity index (χ3v) is 4.45. The number of nitrogens with one attached hydrogen (secondary N) is 1. The molecule has 2 aromatic heterocycles. The van der Waals surface area contributed by atoms with Crippen molar-refractivity contribution in [2.45, 2.75) is 0 Å². The lowest BCUT2D eigenvalue weighted by Gasteiger charge is -2.05. The van der Waals surface area contributed by atoms with Gasteiger partial charge in [-0.15, -0.1) is 5.10 Å². The lowest BCUT2D eigenvalue weighted by Crippen LogP contribution is -2.19. The number of hydrogen-bond acceptors (Lipinski definition) is 8. The van der Waals surface area contributed by atoms with Crippen LogP contribution in [0.15, 0.2) is 62.7 Å². The number of anilines is 1. The fourth-order valence-corrected chi connectivity index (χ4v) is 2.98. The molecular formula is C18H12BrFN8O2. The van der Waals surface area contributed by atoms with Gasteiger partial charge in [0.1, 0.15) is 11.5 Å². The molecule has 0 aliphatic heterocycles. The van der Waals surface area contributed by atoms with Crippen LogP contribution in [-0.4, -0.2) is 37.4 Å². The van der Waals surface area contributed by atoms with Crippen LogP contribution in [0, 0.1) is 5.82 Å². The molecule has 0 saturated heterocycles. The molecule has 2 heterocycles. The number of amides is 1. The Morgan fingerprint density at radius 1 is 1.23 bits per heavy atom. The van der Waals surface area contributed by atoms with Crippen LogP contribution in [0.25, 0.3) is 17.1 Å². The van der Waals surface area contributed by atoms with Crippen molar-refractivity contribution in [1.82, 2.24) is 30.7 Å². The minimum atomic E-state index is -0.665. The highest BCUT2D eigenvalue weighted by atomic mass is 79.9. The molecule has 0 aliphatic rings. The molecule has 12 heteroatoms. The summed E-state index contributed by atoms with van der Waals surface area (Å²) < 4.78 is 20.3. The lowest BCUT2D eigenvalue weighted by molar-refractivity contribution is 0.0950. The van der Waals surface area contributed by atoms with Gasteiger partial charge in [0.05, 0.1) is 6.21 Å². The van der Waals surface area contributed by atoms with E-state index in [0.717, 1.165) is 0 Å². The third-order valence-electron chi connectivity index (χ3n) is 3.96. The van der Waals surface area contributed by atoms with E-state index in [1.165, 1.54) is 23.0 Å². The van der Waals surface area contributed by atoms with Gasteiger partial charge in [0.25, 0.3) is 5.91 Å². The van der Waals surface area contributed by atoms with Gasteiger partial charge >= 0.3 is 0 Å². The summed E-state index contributed by atoms with van der Waals surface area (Å²) in [5, 5.41) is 18.9. The summed E-state index contributed by atoms with van der Waals surface area (Å²) in [6.07, 6.45) is 1.18. The van der Waals surface area contributed by atoms with Crippen molar-refractivity contribution in [2.75, 3.05) is 5.73 Å². The highest BCUT2D eigenvalue weighted by molar-refractivity contribution is 9.10. The minimum Gasteiger partial charge on any atom is -0.378 e. The van der Waals surface area contributed by atoms with Gasteiger partial charge in [-0.1, -0.05) is 51.5 Å².